The Hall–Kier alpha value is -2.71. The summed E-state index contributed by atoms with van der Waals surface area (Å²) >= 11 is 1.55. The number of benzene rings is 1. The lowest BCUT2D eigenvalue weighted by atomic mass is 10.3. The minimum atomic E-state index is -0.107. The van der Waals surface area contributed by atoms with Gasteiger partial charge >= 0.3 is 0 Å². The third-order valence-corrected chi connectivity index (χ3v) is 4.95. The van der Waals surface area contributed by atoms with E-state index in [0.717, 1.165) is 24.3 Å². The van der Waals surface area contributed by atoms with Gasteiger partial charge in [0.1, 0.15) is 5.75 Å². The third-order valence-electron chi connectivity index (χ3n) is 4.09. The van der Waals surface area contributed by atoms with Crippen LogP contribution in [0.3, 0.4) is 0 Å². The molecule has 0 saturated carbocycles. The van der Waals surface area contributed by atoms with Crippen LogP contribution >= 0.6 is 11.3 Å². The minimum absolute atomic E-state index is 0.107. The van der Waals surface area contributed by atoms with Gasteiger partial charge in [-0.3, -0.25) is 9.69 Å². The number of ether oxygens (including phenoxy) is 1. The molecule has 8 heteroatoms. The number of carbonyl (C=O) groups is 1. The summed E-state index contributed by atoms with van der Waals surface area (Å²) in [6.45, 7) is 6.13. The summed E-state index contributed by atoms with van der Waals surface area (Å²) in [5.74, 6) is 1.59. The number of amides is 1. The van der Waals surface area contributed by atoms with Crippen LogP contribution in [0.4, 0.5) is 5.69 Å². The fourth-order valence-corrected chi connectivity index (χ4v) is 3.48. The van der Waals surface area contributed by atoms with E-state index in [4.69, 9.17) is 9.15 Å². The predicted molar refractivity (Wildman–Crippen MR) is 114 cm³/mol. The Balaban J connectivity index is 1.61. The quantitative estimate of drug-likeness (QED) is 0.500. The zero-order valence-corrected chi connectivity index (χ0v) is 17.6. The van der Waals surface area contributed by atoms with Gasteiger partial charge < -0.3 is 14.5 Å². The van der Waals surface area contributed by atoms with Crippen molar-refractivity contribution in [2.24, 2.45) is 0 Å². The molecule has 29 heavy (non-hydrogen) atoms. The van der Waals surface area contributed by atoms with Gasteiger partial charge in [0.2, 0.25) is 11.8 Å². The van der Waals surface area contributed by atoms with Gasteiger partial charge in [-0.15, -0.1) is 21.5 Å². The van der Waals surface area contributed by atoms with Crippen LogP contribution in [0.2, 0.25) is 0 Å². The second-order valence-electron chi connectivity index (χ2n) is 6.58. The van der Waals surface area contributed by atoms with Gasteiger partial charge in [-0.2, -0.15) is 0 Å². The molecule has 7 nitrogen and oxygen atoms in total. The van der Waals surface area contributed by atoms with E-state index >= 15 is 0 Å². The second-order valence-corrected chi connectivity index (χ2v) is 7.53. The number of carbonyl (C=O) groups excluding carboxylic acids is 1. The number of aromatic nitrogens is 2. The fraction of sp³-hybridized carbons (Fsp3) is 0.381. The maximum absolute atomic E-state index is 12.6. The smallest absolute Gasteiger partial charge is 0.257 e. The zero-order chi connectivity index (χ0) is 20.5. The van der Waals surface area contributed by atoms with E-state index in [1.165, 1.54) is 0 Å². The van der Waals surface area contributed by atoms with Crippen LogP contribution in [0, 0.1) is 0 Å². The Labute approximate surface area is 174 Å². The Morgan fingerprint density at radius 3 is 2.79 bits per heavy atom. The molecule has 154 valence electrons. The molecule has 1 N–H and O–H groups in total. The normalized spacial score (nSPS) is 11.0. The first-order chi connectivity index (χ1) is 14.2. The topological polar surface area (TPSA) is 80.5 Å². The van der Waals surface area contributed by atoms with Crippen molar-refractivity contribution in [3.05, 3.63) is 47.7 Å². The first-order valence-corrected chi connectivity index (χ1v) is 10.7. The molecule has 0 aliphatic carbocycles. The van der Waals surface area contributed by atoms with Crippen molar-refractivity contribution in [1.29, 1.82) is 0 Å². The van der Waals surface area contributed by atoms with Crippen LogP contribution in [0.5, 0.6) is 5.75 Å². The molecule has 0 atom stereocenters. The lowest BCUT2D eigenvalue weighted by Gasteiger charge is -2.19. The SMILES string of the molecule is CCCOc1ccccc1NC(=O)CN(CCC)Cc1nnc(-c2cccs2)o1. The van der Waals surface area contributed by atoms with Crippen LogP contribution in [0.25, 0.3) is 10.8 Å². The van der Waals surface area contributed by atoms with Crippen LogP contribution in [0.15, 0.2) is 46.2 Å². The van der Waals surface area contributed by atoms with Crippen LogP contribution < -0.4 is 10.1 Å². The molecule has 3 rings (SSSR count). The number of hydrogen-bond donors (Lipinski definition) is 1. The second kappa shape index (κ2) is 10.7. The highest BCUT2D eigenvalue weighted by Crippen LogP contribution is 2.25. The van der Waals surface area contributed by atoms with Crippen molar-refractivity contribution in [2.75, 3.05) is 25.0 Å². The van der Waals surface area contributed by atoms with E-state index in [-0.39, 0.29) is 12.5 Å². The standard InChI is InChI=1S/C21H26N4O3S/c1-3-11-25(15-20-23-24-21(28-20)18-10-7-13-29-18)14-19(26)22-16-8-5-6-9-17(16)27-12-4-2/h5-10,13H,3-4,11-12,14-15H2,1-2H3,(H,22,26). The van der Waals surface area contributed by atoms with Gasteiger partial charge in [-0.25, -0.2) is 0 Å². The Morgan fingerprint density at radius 2 is 2.03 bits per heavy atom. The zero-order valence-electron chi connectivity index (χ0n) is 16.8. The first-order valence-electron chi connectivity index (χ1n) is 9.79. The number of para-hydroxylation sites is 2. The molecule has 0 bridgehead atoms. The van der Waals surface area contributed by atoms with Crippen LogP contribution in [-0.2, 0) is 11.3 Å². The van der Waals surface area contributed by atoms with Crippen molar-refractivity contribution in [1.82, 2.24) is 15.1 Å². The first kappa shape index (κ1) is 21.0. The van der Waals surface area contributed by atoms with Gasteiger partial charge in [0.05, 0.1) is 30.3 Å². The van der Waals surface area contributed by atoms with Gasteiger partial charge in [0, 0.05) is 0 Å². The van der Waals surface area contributed by atoms with E-state index in [1.807, 2.05) is 53.6 Å². The number of nitrogens with one attached hydrogen (secondary N) is 1. The molecule has 0 fully saturated rings. The number of nitrogens with zero attached hydrogens (tertiary/aromatic N) is 3. The molecule has 0 radical (unpaired) electrons. The predicted octanol–water partition coefficient (Wildman–Crippen LogP) is 4.44. The fourth-order valence-electron chi connectivity index (χ4n) is 2.84. The van der Waals surface area contributed by atoms with E-state index in [2.05, 4.69) is 22.4 Å². The molecule has 2 heterocycles. The molecule has 2 aromatic heterocycles. The molecule has 0 spiro atoms. The average molecular weight is 415 g/mol. The maximum atomic E-state index is 12.6. The van der Waals surface area contributed by atoms with Gasteiger partial charge in [0.15, 0.2) is 0 Å². The molecule has 0 aliphatic rings. The highest BCUT2D eigenvalue weighted by Gasteiger charge is 2.16. The van der Waals surface area contributed by atoms with E-state index in [1.54, 1.807) is 11.3 Å². The van der Waals surface area contributed by atoms with E-state index in [0.29, 0.717) is 36.4 Å². The lowest BCUT2D eigenvalue weighted by Crippen LogP contribution is -2.33. The lowest BCUT2D eigenvalue weighted by molar-refractivity contribution is -0.117. The third kappa shape index (κ3) is 6.13. The number of hydrogen-bond acceptors (Lipinski definition) is 7. The Kier molecular flexibility index (Phi) is 7.77. The molecule has 1 aromatic carbocycles. The molecule has 0 unspecified atom stereocenters. The molecule has 0 saturated heterocycles. The molecule has 3 aromatic rings. The van der Waals surface area contributed by atoms with Gasteiger partial charge in [-0.05, 0) is 43.0 Å². The van der Waals surface area contributed by atoms with Crippen molar-refractivity contribution in [2.45, 2.75) is 33.2 Å². The summed E-state index contributed by atoms with van der Waals surface area (Å²) in [5, 5.41) is 13.2. The highest BCUT2D eigenvalue weighted by molar-refractivity contribution is 7.13. The van der Waals surface area contributed by atoms with Crippen molar-refractivity contribution >= 4 is 22.9 Å². The molecular formula is C21H26N4O3S. The molecule has 1 amide bonds. The van der Waals surface area contributed by atoms with Gasteiger partial charge in [-0.1, -0.05) is 32.0 Å². The van der Waals surface area contributed by atoms with E-state index in [9.17, 15) is 4.79 Å². The average Bonchev–Trinajstić information content (AvgIpc) is 3.39. The highest BCUT2D eigenvalue weighted by atomic mass is 32.1. The van der Waals surface area contributed by atoms with Crippen molar-refractivity contribution in [3.8, 4) is 16.5 Å². The largest absolute Gasteiger partial charge is 0.491 e. The van der Waals surface area contributed by atoms with Crippen LogP contribution in [0.1, 0.15) is 32.6 Å². The Bertz CT molecular complexity index is 895. The maximum Gasteiger partial charge on any atom is 0.257 e. The summed E-state index contributed by atoms with van der Waals surface area (Å²) in [6.07, 6.45) is 1.82. The minimum Gasteiger partial charge on any atom is -0.491 e. The van der Waals surface area contributed by atoms with Crippen molar-refractivity contribution in [3.63, 3.8) is 0 Å². The number of thiophene rings is 1. The summed E-state index contributed by atoms with van der Waals surface area (Å²) in [4.78, 5) is 15.6. The summed E-state index contributed by atoms with van der Waals surface area (Å²) in [7, 11) is 0. The molecule has 0 aliphatic heterocycles. The monoisotopic (exact) mass is 414 g/mol. The summed E-state index contributed by atoms with van der Waals surface area (Å²) in [6, 6.07) is 11.4. The summed E-state index contributed by atoms with van der Waals surface area (Å²) < 4.78 is 11.5. The van der Waals surface area contributed by atoms with E-state index < -0.39 is 0 Å². The van der Waals surface area contributed by atoms with Crippen LogP contribution in [-0.4, -0.2) is 40.7 Å². The van der Waals surface area contributed by atoms with Crippen molar-refractivity contribution < 1.29 is 13.9 Å². The van der Waals surface area contributed by atoms with Gasteiger partial charge in [0.25, 0.3) is 5.89 Å². The molecular weight excluding hydrogens is 388 g/mol. The Morgan fingerprint density at radius 1 is 1.17 bits per heavy atom. The summed E-state index contributed by atoms with van der Waals surface area (Å²) in [5.41, 5.74) is 0.681. The number of rotatable bonds is 11. The number of anilines is 1.